The van der Waals surface area contributed by atoms with Crippen molar-refractivity contribution < 1.29 is 14.1 Å². The number of hydrogen-bond acceptors (Lipinski definition) is 6. The summed E-state index contributed by atoms with van der Waals surface area (Å²) in [7, 11) is 0. The molecule has 8 heteroatoms. The molecule has 2 heterocycles. The lowest BCUT2D eigenvalue weighted by atomic mass is 10.1. The van der Waals surface area contributed by atoms with Crippen molar-refractivity contribution in [3.63, 3.8) is 0 Å². The van der Waals surface area contributed by atoms with Crippen LogP contribution in [0.3, 0.4) is 0 Å². The van der Waals surface area contributed by atoms with E-state index in [1.165, 1.54) is 0 Å². The zero-order chi connectivity index (χ0) is 18.6. The van der Waals surface area contributed by atoms with Crippen LogP contribution in [0, 0.1) is 0 Å². The molecule has 2 N–H and O–H groups in total. The molecule has 0 spiro atoms. The second-order valence-electron chi connectivity index (χ2n) is 6.35. The first-order valence-corrected chi connectivity index (χ1v) is 8.88. The lowest BCUT2D eigenvalue weighted by Crippen LogP contribution is -2.23. The van der Waals surface area contributed by atoms with Crippen LogP contribution in [-0.2, 0) is 17.9 Å². The van der Waals surface area contributed by atoms with E-state index in [-0.39, 0.29) is 24.9 Å². The molecule has 1 saturated heterocycles. The highest BCUT2D eigenvalue weighted by atomic mass is 35.5. The Morgan fingerprint density at radius 2 is 2.00 bits per heavy atom. The van der Waals surface area contributed by atoms with E-state index in [2.05, 4.69) is 10.1 Å². The summed E-state index contributed by atoms with van der Waals surface area (Å²) < 4.78 is 11.0. The van der Waals surface area contributed by atoms with Crippen molar-refractivity contribution in [3.05, 3.63) is 60.0 Å². The molecule has 1 aromatic heterocycles. The fraction of sp³-hybridized carbons (Fsp3) is 0.250. The largest absolute Gasteiger partial charge is 0.484 e. The van der Waals surface area contributed by atoms with Crippen molar-refractivity contribution in [2.24, 2.45) is 5.73 Å². The first-order chi connectivity index (χ1) is 13.2. The van der Waals surface area contributed by atoms with Gasteiger partial charge in [-0.25, -0.2) is 0 Å². The number of anilines is 1. The van der Waals surface area contributed by atoms with Gasteiger partial charge < -0.3 is 19.9 Å². The Labute approximate surface area is 168 Å². The highest BCUT2D eigenvalue weighted by molar-refractivity contribution is 5.95. The van der Waals surface area contributed by atoms with Crippen LogP contribution in [-0.4, -0.2) is 22.6 Å². The van der Waals surface area contributed by atoms with Crippen LogP contribution in [0.4, 0.5) is 5.69 Å². The van der Waals surface area contributed by atoms with Crippen molar-refractivity contribution >= 4 is 24.0 Å². The summed E-state index contributed by atoms with van der Waals surface area (Å²) in [4.78, 5) is 18.0. The normalized spacial score (nSPS) is 13.5. The maximum Gasteiger partial charge on any atom is 0.264 e. The average Bonchev–Trinajstić information content (AvgIpc) is 3.36. The standard InChI is InChI=1S/C20H20N4O3.ClH/c21-12-14-6-8-15(9-7-14)20-22-18(27-23-20)13-26-17-4-1-3-16(11-17)24-10-2-5-19(24)25;/h1,3-4,6-9,11H,2,5,10,12-13,21H2;1H. The molecule has 1 amide bonds. The number of rotatable bonds is 6. The van der Waals surface area contributed by atoms with Crippen molar-refractivity contribution in [2.75, 3.05) is 11.4 Å². The van der Waals surface area contributed by atoms with Crippen molar-refractivity contribution in [1.82, 2.24) is 10.1 Å². The third-order valence-corrected chi connectivity index (χ3v) is 4.48. The van der Waals surface area contributed by atoms with E-state index < -0.39 is 0 Å². The van der Waals surface area contributed by atoms with Crippen LogP contribution in [0.1, 0.15) is 24.3 Å². The molecule has 146 valence electrons. The predicted octanol–water partition coefficient (Wildman–Crippen LogP) is 3.32. The molecule has 4 rings (SSSR count). The SMILES string of the molecule is Cl.NCc1ccc(-c2noc(COc3cccc(N4CCCC4=O)c3)n2)cc1. The number of aromatic nitrogens is 2. The molecule has 0 atom stereocenters. The molecular weight excluding hydrogens is 380 g/mol. The lowest BCUT2D eigenvalue weighted by Gasteiger charge is -2.16. The number of ether oxygens (including phenoxy) is 1. The number of nitrogens with two attached hydrogens (primary N) is 1. The average molecular weight is 401 g/mol. The minimum Gasteiger partial charge on any atom is -0.484 e. The van der Waals surface area contributed by atoms with Crippen LogP contribution in [0.15, 0.2) is 53.1 Å². The van der Waals surface area contributed by atoms with Crippen molar-refractivity contribution in [2.45, 2.75) is 26.0 Å². The summed E-state index contributed by atoms with van der Waals surface area (Å²) in [5, 5.41) is 3.99. The highest BCUT2D eigenvalue weighted by Gasteiger charge is 2.21. The summed E-state index contributed by atoms with van der Waals surface area (Å²) in [5.41, 5.74) is 8.36. The molecule has 7 nitrogen and oxygen atoms in total. The monoisotopic (exact) mass is 400 g/mol. The van der Waals surface area contributed by atoms with Gasteiger partial charge in [0, 0.05) is 36.8 Å². The Hall–Kier alpha value is -2.90. The maximum absolute atomic E-state index is 11.9. The predicted molar refractivity (Wildman–Crippen MR) is 107 cm³/mol. The number of hydrogen-bond donors (Lipinski definition) is 1. The van der Waals surface area contributed by atoms with E-state index in [0.29, 0.717) is 30.4 Å². The molecule has 0 saturated carbocycles. The second kappa shape index (κ2) is 8.86. The first-order valence-electron chi connectivity index (χ1n) is 8.88. The highest BCUT2D eigenvalue weighted by Crippen LogP contribution is 2.26. The first kappa shape index (κ1) is 19.9. The zero-order valence-corrected chi connectivity index (χ0v) is 16.0. The van der Waals surface area contributed by atoms with Gasteiger partial charge in [-0.1, -0.05) is 35.5 Å². The van der Waals surface area contributed by atoms with Gasteiger partial charge in [-0.2, -0.15) is 4.98 Å². The Morgan fingerprint density at radius 3 is 2.71 bits per heavy atom. The zero-order valence-electron chi connectivity index (χ0n) is 15.2. The molecule has 0 aliphatic carbocycles. The minimum atomic E-state index is 0. The number of carbonyl (C=O) groups excluding carboxylic acids is 1. The molecule has 0 unspecified atom stereocenters. The fourth-order valence-electron chi connectivity index (χ4n) is 3.03. The molecule has 1 aliphatic rings. The van der Waals surface area contributed by atoms with E-state index in [1.807, 2.05) is 48.5 Å². The van der Waals surface area contributed by atoms with E-state index in [0.717, 1.165) is 29.8 Å². The van der Waals surface area contributed by atoms with Gasteiger partial charge in [-0.15, -0.1) is 12.4 Å². The van der Waals surface area contributed by atoms with E-state index in [1.54, 1.807) is 4.90 Å². The summed E-state index contributed by atoms with van der Waals surface area (Å²) in [6.45, 7) is 1.40. The van der Waals surface area contributed by atoms with Gasteiger partial charge in [-0.3, -0.25) is 4.79 Å². The van der Waals surface area contributed by atoms with Gasteiger partial charge in [-0.05, 0) is 24.1 Å². The molecule has 0 radical (unpaired) electrons. The summed E-state index contributed by atoms with van der Waals surface area (Å²) in [5.74, 6) is 1.69. The second-order valence-corrected chi connectivity index (χ2v) is 6.35. The maximum atomic E-state index is 11.9. The Kier molecular flexibility index (Phi) is 6.28. The van der Waals surface area contributed by atoms with Gasteiger partial charge >= 0.3 is 0 Å². The number of benzene rings is 2. The fourth-order valence-corrected chi connectivity index (χ4v) is 3.03. The van der Waals surface area contributed by atoms with E-state index in [9.17, 15) is 4.79 Å². The summed E-state index contributed by atoms with van der Waals surface area (Å²) in [6, 6.07) is 15.2. The third-order valence-electron chi connectivity index (χ3n) is 4.48. The van der Waals surface area contributed by atoms with Crippen molar-refractivity contribution in [3.8, 4) is 17.1 Å². The lowest BCUT2D eigenvalue weighted by molar-refractivity contribution is -0.117. The van der Waals surface area contributed by atoms with E-state index in [4.69, 9.17) is 15.0 Å². The van der Waals surface area contributed by atoms with Crippen molar-refractivity contribution in [1.29, 1.82) is 0 Å². The Bertz CT molecular complexity index is 943. The Morgan fingerprint density at radius 1 is 1.18 bits per heavy atom. The van der Waals surface area contributed by atoms with Crippen LogP contribution in [0.25, 0.3) is 11.4 Å². The van der Waals surface area contributed by atoms with Crippen LogP contribution in [0.5, 0.6) is 5.75 Å². The molecule has 3 aromatic rings. The molecule has 1 aliphatic heterocycles. The van der Waals surface area contributed by atoms with Gasteiger partial charge in [0.15, 0.2) is 6.61 Å². The van der Waals surface area contributed by atoms with Gasteiger partial charge in [0.05, 0.1) is 0 Å². The van der Waals surface area contributed by atoms with Crippen LogP contribution >= 0.6 is 12.4 Å². The van der Waals surface area contributed by atoms with Gasteiger partial charge in [0.25, 0.3) is 5.89 Å². The van der Waals surface area contributed by atoms with E-state index >= 15 is 0 Å². The topological polar surface area (TPSA) is 94.5 Å². The third kappa shape index (κ3) is 4.32. The molecule has 0 bridgehead atoms. The summed E-state index contributed by atoms with van der Waals surface area (Å²) in [6.07, 6.45) is 1.49. The van der Waals surface area contributed by atoms with Crippen LogP contribution < -0.4 is 15.4 Å². The van der Waals surface area contributed by atoms with Gasteiger partial charge in [0.1, 0.15) is 5.75 Å². The number of nitrogens with zero attached hydrogens (tertiary/aromatic N) is 3. The summed E-state index contributed by atoms with van der Waals surface area (Å²) >= 11 is 0. The number of amides is 1. The Balaban J connectivity index is 0.00000225. The molecular formula is C20H21ClN4O3. The number of halogens is 1. The number of carbonyl (C=O) groups is 1. The van der Waals surface area contributed by atoms with Crippen LogP contribution in [0.2, 0.25) is 0 Å². The quantitative estimate of drug-likeness (QED) is 0.682. The molecule has 28 heavy (non-hydrogen) atoms. The molecule has 1 fully saturated rings. The minimum absolute atomic E-state index is 0. The smallest absolute Gasteiger partial charge is 0.264 e. The molecule has 2 aromatic carbocycles. The van der Waals surface area contributed by atoms with Gasteiger partial charge in [0.2, 0.25) is 11.7 Å².